The smallest absolute Gasteiger partial charge is 0.305 e. The molecule has 3 atom stereocenters. The van der Waals surface area contributed by atoms with E-state index < -0.39 is 12.0 Å². The van der Waals surface area contributed by atoms with E-state index in [1.54, 1.807) is 6.07 Å². The molecule has 0 aliphatic heterocycles. The highest BCUT2D eigenvalue weighted by Crippen LogP contribution is 2.25. The van der Waals surface area contributed by atoms with Crippen LogP contribution in [-0.2, 0) is 4.79 Å². The number of carbonyl (C=O) groups excluding carboxylic acids is 1. The average Bonchev–Trinajstić information content (AvgIpc) is 2.93. The molecule has 1 aromatic rings. The minimum Gasteiger partial charge on any atom is -0.481 e. The maximum absolute atomic E-state index is 12.4. The minimum absolute atomic E-state index is 0.0971. The first-order chi connectivity index (χ1) is 9.58. The predicted octanol–water partition coefficient (Wildman–Crippen LogP) is 2.94. The molecule has 1 heterocycles. The second-order valence-corrected chi connectivity index (χ2v) is 6.47. The van der Waals surface area contributed by atoms with Gasteiger partial charge in [-0.05, 0) is 30.2 Å². The molecule has 5 heteroatoms. The topological polar surface area (TPSA) is 66.4 Å². The van der Waals surface area contributed by atoms with Gasteiger partial charge in [-0.3, -0.25) is 9.59 Å². The van der Waals surface area contributed by atoms with Crippen molar-refractivity contribution in [2.75, 3.05) is 0 Å². The first kappa shape index (κ1) is 15.2. The van der Waals surface area contributed by atoms with Gasteiger partial charge in [-0.1, -0.05) is 25.8 Å². The van der Waals surface area contributed by atoms with Gasteiger partial charge in [0, 0.05) is 6.04 Å². The van der Waals surface area contributed by atoms with Crippen molar-refractivity contribution >= 4 is 23.1 Å². The van der Waals surface area contributed by atoms with Crippen LogP contribution in [0.4, 0.5) is 0 Å². The van der Waals surface area contributed by atoms with Crippen LogP contribution in [0.3, 0.4) is 0 Å². The Morgan fingerprint density at radius 3 is 2.80 bits per heavy atom. The van der Waals surface area contributed by atoms with Gasteiger partial charge in [-0.2, -0.15) is 0 Å². The zero-order valence-electron chi connectivity index (χ0n) is 11.7. The Morgan fingerprint density at radius 2 is 2.20 bits per heavy atom. The van der Waals surface area contributed by atoms with Crippen LogP contribution in [-0.4, -0.2) is 28.9 Å². The van der Waals surface area contributed by atoms with Crippen molar-refractivity contribution in [2.24, 2.45) is 5.92 Å². The zero-order valence-corrected chi connectivity index (χ0v) is 12.5. The van der Waals surface area contributed by atoms with Gasteiger partial charge < -0.3 is 10.4 Å². The molecule has 110 valence electrons. The quantitative estimate of drug-likeness (QED) is 0.792. The average molecular weight is 295 g/mol. The van der Waals surface area contributed by atoms with Crippen molar-refractivity contribution in [3.05, 3.63) is 22.4 Å². The van der Waals surface area contributed by atoms with E-state index in [2.05, 4.69) is 12.2 Å². The molecule has 20 heavy (non-hydrogen) atoms. The molecule has 1 saturated carbocycles. The lowest BCUT2D eigenvalue weighted by Gasteiger charge is -2.32. The van der Waals surface area contributed by atoms with Crippen molar-refractivity contribution in [1.29, 1.82) is 0 Å². The molecule has 2 rings (SSSR count). The molecule has 0 spiro atoms. The summed E-state index contributed by atoms with van der Waals surface area (Å²) >= 11 is 1.37. The van der Waals surface area contributed by atoms with Gasteiger partial charge in [0.05, 0.1) is 17.3 Å². The molecule has 1 aliphatic rings. The van der Waals surface area contributed by atoms with E-state index in [9.17, 15) is 9.59 Å². The monoisotopic (exact) mass is 295 g/mol. The van der Waals surface area contributed by atoms with Crippen molar-refractivity contribution < 1.29 is 14.7 Å². The lowest BCUT2D eigenvalue weighted by molar-refractivity contribution is -0.137. The van der Waals surface area contributed by atoms with E-state index >= 15 is 0 Å². The molecular formula is C15H21NO3S. The summed E-state index contributed by atoms with van der Waals surface area (Å²) in [4.78, 5) is 24.1. The van der Waals surface area contributed by atoms with Crippen LogP contribution in [0.5, 0.6) is 0 Å². The molecule has 1 fully saturated rings. The van der Waals surface area contributed by atoms with Gasteiger partial charge in [0.25, 0.3) is 0 Å². The van der Waals surface area contributed by atoms with Gasteiger partial charge in [0.2, 0.25) is 0 Å². The van der Waals surface area contributed by atoms with E-state index in [0.717, 1.165) is 19.3 Å². The maximum Gasteiger partial charge on any atom is 0.305 e. The number of carboxylic acids is 1. The van der Waals surface area contributed by atoms with Crippen molar-refractivity contribution in [3.8, 4) is 0 Å². The number of thiophene rings is 1. The number of carboxylic acid groups (broad SMARTS) is 1. The lowest BCUT2D eigenvalue weighted by Crippen LogP contribution is -2.48. The normalized spacial score (nSPS) is 24.2. The van der Waals surface area contributed by atoms with Crippen molar-refractivity contribution in [2.45, 2.75) is 51.1 Å². The van der Waals surface area contributed by atoms with Crippen LogP contribution in [0.25, 0.3) is 0 Å². The van der Waals surface area contributed by atoms with Crippen molar-refractivity contribution in [3.63, 3.8) is 0 Å². The second kappa shape index (κ2) is 6.99. The molecule has 4 nitrogen and oxygen atoms in total. The van der Waals surface area contributed by atoms with Crippen LogP contribution in [0.2, 0.25) is 0 Å². The van der Waals surface area contributed by atoms with E-state index in [4.69, 9.17) is 5.11 Å². The highest BCUT2D eigenvalue weighted by atomic mass is 32.1. The number of carbonyl (C=O) groups is 2. The summed E-state index contributed by atoms with van der Waals surface area (Å²) in [6.45, 7) is 2.17. The first-order valence-corrected chi connectivity index (χ1v) is 8.01. The summed E-state index contributed by atoms with van der Waals surface area (Å²) in [5.74, 6) is -0.535. The van der Waals surface area contributed by atoms with Gasteiger partial charge >= 0.3 is 5.97 Å². The van der Waals surface area contributed by atoms with Crippen molar-refractivity contribution in [1.82, 2.24) is 5.32 Å². The van der Waals surface area contributed by atoms with E-state index in [-0.39, 0.29) is 18.2 Å². The Balaban J connectivity index is 2.06. The van der Waals surface area contributed by atoms with Crippen LogP contribution in [0, 0.1) is 5.92 Å². The van der Waals surface area contributed by atoms with Crippen LogP contribution in [0.1, 0.15) is 48.7 Å². The third-order valence-corrected chi connectivity index (χ3v) is 4.87. The fourth-order valence-corrected chi connectivity index (χ4v) is 3.53. The van der Waals surface area contributed by atoms with Gasteiger partial charge in [-0.15, -0.1) is 11.3 Å². The summed E-state index contributed by atoms with van der Waals surface area (Å²) in [5, 5.41) is 14.2. The summed E-state index contributed by atoms with van der Waals surface area (Å²) < 4.78 is 0. The Morgan fingerprint density at radius 1 is 1.45 bits per heavy atom. The number of hydrogen-bond donors (Lipinski definition) is 2. The predicted molar refractivity (Wildman–Crippen MR) is 79.2 cm³/mol. The Bertz CT molecular complexity index is 458. The Kier molecular flexibility index (Phi) is 5.31. The van der Waals surface area contributed by atoms with Crippen LogP contribution >= 0.6 is 11.3 Å². The SMILES string of the molecule is CC1CCCCC1NC(CC(=O)O)C(=O)c1cccs1. The Labute approximate surface area is 123 Å². The third-order valence-electron chi connectivity index (χ3n) is 3.99. The zero-order chi connectivity index (χ0) is 14.5. The standard InChI is InChI=1S/C15H21NO3S/c1-10-5-2-3-6-11(10)16-12(9-14(17)18)15(19)13-7-4-8-20-13/h4,7-8,10-12,16H,2-3,5-6,9H2,1H3,(H,17,18). The minimum atomic E-state index is -0.934. The Hall–Kier alpha value is -1.20. The van der Waals surface area contributed by atoms with E-state index in [1.807, 2.05) is 11.4 Å². The van der Waals surface area contributed by atoms with Crippen LogP contribution in [0.15, 0.2) is 17.5 Å². The molecule has 1 aliphatic carbocycles. The third kappa shape index (κ3) is 3.90. The second-order valence-electron chi connectivity index (χ2n) is 5.53. The highest BCUT2D eigenvalue weighted by molar-refractivity contribution is 7.12. The molecule has 0 amide bonds. The van der Waals surface area contributed by atoms with E-state index in [0.29, 0.717) is 10.8 Å². The highest BCUT2D eigenvalue weighted by Gasteiger charge is 2.29. The largest absolute Gasteiger partial charge is 0.481 e. The molecule has 1 aromatic heterocycles. The van der Waals surface area contributed by atoms with Gasteiger partial charge in [0.1, 0.15) is 0 Å². The summed E-state index contributed by atoms with van der Waals surface area (Å²) in [7, 11) is 0. The first-order valence-electron chi connectivity index (χ1n) is 7.13. The molecular weight excluding hydrogens is 274 g/mol. The van der Waals surface area contributed by atoms with Gasteiger partial charge in [-0.25, -0.2) is 0 Å². The molecule has 0 aromatic carbocycles. The molecule has 0 saturated heterocycles. The van der Waals surface area contributed by atoms with Crippen LogP contribution < -0.4 is 5.32 Å². The number of hydrogen-bond acceptors (Lipinski definition) is 4. The fraction of sp³-hybridized carbons (Fsp3) is 0.600. The summed E-state index contributed by atoms with van der Waals surface area (Å²) in [6.07, 6.45) is 4.39. The molecule has 0 radical (unpaired) electrons. The number of Topliss-reactive ketones (excluding diaryl/α,β-unsaturated/α-hetero) is 1. The maximum atomic E-state index is 12.4. The molecule has 2 N–H and O–H groups in total. The number of aliphatic carboxylic acids is 1. The molecule has 3 unspecified atom stereocenters. The number of nitrogens with one attached hydrogen (secondary N) is 1. The summed E-state index contributed by atoms with van der Waals surface area (Å²) in [6, 6.07) is 3.21. The fourth-order valence-electron chi connectivity index (χ4n) is 2.81. The van der Waals surface area contributed by atoms with Gasteiger partial charge in [0.15, 0.2) is 5.78 Å². The van der Waals surface area contributed by atoms with E-state index in [1.165, 1.54) is 17.8 Å². The number of ketones is 1. The molecule has 0 bridgehead atoms. The number of rotatable bonds is 6. The lowest BCUT2D eigenvalue weighted by atomic mass is 9.85. The summed E-state index contributed by atoms with van der Waals surface area (Å²) in [5.41, 5.74) is 0.